The summed E-state index contributed by atoms with van der Waals surface area (Å²) in [7, 11) is 0. The average Bonchev–Trinajstić information content (AvgIpc) is 2.84. The number of aromatic nitrogens is 1. The number of nitrogens with zero attached hydrogens (tertiary/aromatic N) is 1. The SMILES string of the molecule is Brc1ccsc1-c1ccc2sccc2n1. The largest absolute Gasteiger partial charge is 0.246 e. The van der Waals surface area contributed by atoms with Crippen molar-refractivity contribution in [2.24, 2.45) is 0 Å². The maximum absolute atomic E-state index is 4.63. The van der Waals surface area contributed by atoms with Gasteiger partial charge in [-0.3, -0.25) is 0 Å². The molecule has 0 N–H and O–H groups in total. The van der Waals surface area contributed by atoms with E-state index in [1.165, 1.54) is 9.58 Å². The second kappa shape index (κ2) is 3.70. The fourth-order valence-corrected chi connectivity index (χ4v) is 3.73. The van der Waals surface area contributed by atoms with Gasteiger partial charge in [-0.15, -0.1) is 22.7 Å². The van der Waals surface area contributed by atoms with Gasteiger partial charge in [-0.2, -0.15) is 0 Å². The first-order valence-corrected chi connectivity index (χ1v) is 6.97. The van der Waals surface area contributed by atoms with Crippen LogP contribution in [-0.2, 0) is 0 Å². The Kier molecular flexibility index (Phi) is 2.35. The van der Waals surface area contributed by atoms with Crippen LogP contribution in [-0.4, -0.2) is 4.98 Å². The Bertz CT molecular complexity index is 612. The molecule has 4 heteroatoms. The summed E-state index contributed by atoms with van der Waals surface area (Å²) >= 11 is 6.97. The van der Waals surface area contributed by atoms with Crippen LogP contribution in [0.15, 0.2) is 39.5 Å². The van der Waals surface area contributed by atoms with E-state index in [1.54, 1.807) is 22.7 Å². The zero-order valence-corrected chi connectivity index (χ0v) is 10.8. The van der Waals surface area contributed by atoms with E-state index in [1.807, 2.05) is 0 Å². The molecular formula is C11H6BrNS2. The molecule has 0 aromatic carbocycles. The Hall–Kier alpha value is -0.710. The summed E-state index contributed by atoms with van der Waals surface area (Å²) in [5.41, 5.74) is 2.13. The molecule has 3 heterocycles. The average molecular weight is 296 g/mol. The van der Waals surface area contributed by atoms with E-state index in [2.05, 4.69) is 55.9 Å². The van der Waals surface area contributed by atoms with Crippen molar-refractivity contribution < 1.29 is 0 Å². The van der Waals surface area contributed by atoms with Gasteiger partial charge in [0.15, 0.2) is 0 Å². The van der Waals surface area contributed by atoms with E-state index >= 15 is 0 Å². The number of fused-ring (bicyclic) bond motifs is 1. The number of hydrogen-bond acceptors (Lipinski definition) is 3. The van der Waals surface area contributed by atoms with Crippen LogP contribution in [0.25, 0.3) is 20.8 Å². The Morgan fingerprint density at radius 1 is 1.00 bits per heavy atom. The molecule has 0 radical (unpaired) electrons. The van der Waals surface area contributed by atoms with Crippen LogP contribution in [0.1, 0.15) is 0 Å². The van der Waals surface area contributed by atoms with E-state index in [4.69, 9.17) is 0 Å². The van der Waals surface area contributed by atoms with Crippen molar-refractivity contribution in [1.29, 1.82) is 0 Å². The van der Waals surface area contributed by atoms with Gasteiger partial charge in [0, 0.05) is 4.47 Å². The van der Waals surface area contributed by atoms with Crippen LogP contribution in [0, 0.1) is 0 Å². The van der Waals surface area contributed by atoms with Gasteiger partial charge in [0.2, 0.25) is 0 Å². The summed E-state index contributed by atoms with van der Waals surface area (Å²) in [6.07, 6.45) is 0. The van der Waals surface area contributed by atoms with Crippen LogP contribution >= 0.6 is 38.6 Å². The zero-order chi connectivity index (χ0) is 10.3. The van der Waals surface area contributed by atoms with Gasteiger partial charge >= 0.3 is 0 Å². The molecule has 0 saturated carbocycles. The van der Waals surface area contributed by atoms with Crippen LogP contribution in [0.5, 0.6) is 0 Å². The smallest absolute Gasteiger partial charge is 0.0821 e. The molecular weight excluding hydrogens is 290 g/mol. The zero-order valence-electron chi connectivity index (χ0n) is 7.61. The van der Waals surface area contributed by atoms with Crippen LogP contribution in [0.4, 0.5) is 0 Å². The summed E-state index contributed by atoms with van der Waals surface area (Å²) in [4.78, 5) is 5.83. The summed E-state index contributed by atoms with van der Waals surface area (Å²) in [5, 5.41) is 4.14. The molecule has 0 aliphatic carbocycles. The van der Waals surface area contributed by atoms with Gasteiger partial charge in [-0.25, -0.2) is 4.98 Å². The molecule has 0 fully saturated rings. The highest BCUT2D eigenvalue weighted by Crippen LogP contribution is 2.33. The molecule has 0 bridgehead atoms. The maximum Gasteiger partial charge on any atom is 0.0821 e. The molecule has 3 aromatic heterocycles. The van der Waals surface area contributed by atoms with Crippen LogP contribution in [0.3, 0.4) is 0 Å². The lowest BCUT2D eigenvalue weighted by atomic mass is 10.3. The highest BCUT2D eigenvalue weighted by molar-refractivity contribution is 9.10. The predicted octanol–water partition coefficient (Wildman–Crippen LogP) is 4.79. The summed E-state index contributed by atoms with van der Waals surface area (Å²) in [6.45, 7) is 0. The molecule has 0 atom stereocenters. The minimum atomic E-state index is 1.04. The van der Waals surface area contributed by atoms with Crippen molar-refractivity contribution in [3.8, 4) is 10.6 Å². The molecule has 0 amide bonds. The van der Waals surface area contributed by atoms with E-state index in [9.17, 15) is 0 Å². The second-order valence-electron chi connectivity index (χ2n) is 3.10. The minimum Gasteiger partial charge on any atom is -0.246 e. The van der Waals surface area contributed by atoms with Crippen LogP contribution < -0.4 is 0 Å². The first-order valence-electron chi connectivity index (χ1n) is 4.42. The van der Waals surface area contributed by atoms with Crippen molar-refractivity contribution in [1.82, 2.24) is 4.98 Å². The van der Waals surface area contributed by atoms with Crippen molar-refractivity contribution >= 4 is 48.8 Å². The van der Waals surface area contributed by atoms with Crippen molar-refractivity contribution in [2.45, 2.75) is 0 Å². The molecule has 1 nitrogen and oxygen atoms in total. The molecule has 0 aliphatic heterocycles. The van der Waals surface area contributed by atoms with Gasteiger partial charge in [-0.1, -0.05) is 0 Å². The van der Waals surface area contributed by atoms with Crippen LogP contribution in [0.2, 0.25) is 0 Å². The van der Waals surface area contributed by atoms with Crippen molar-refractivity contribution in [3.63, 3.8) is 0 Å². The molecule has 0 aliphatic rings. The molecule has 0 unspecified atom stereocenters. The highest BCUT2D eigenvalue weighted by atomic mass is 79.9. The topological polar surface area (TPSA) is 12.9 Å². The third kappa shape index (κ3) is 1.62. The minimum absolute atomic E-state index is 1.04. The third-order valence-corrected chi connectivity index (χ3v) is 4.89. The summed E-state index contributed by atoms with van der Waals surface area (Å²) in [5.74, 6) is 0. The van der Waals surface area contributed by atoms with E-state index in [0.717, 1.165) is 15.7 Å². The summed E-state index contributed by atoms with van der Waals surface area (Å²) in [6, 6.07) is 8.33. The Morgan fingerprint density at radius 3 is 2.67 bits per heavy atom. The first-order chi connectivity index (χ1) is 7.34. The van der Waals surface area contributed by atoms with Gasteiger partial charge in [0.1, 0.15) is 0 Å². The Labute approximate surface area is 104 Å². The number of thiophene rings is 2. The molecule has 74 valence electrons. The standard InChI is InChI=1S/C11H6BrNS2/c12-7-3-5-15-11(7)9-1-2-10-8(13-9)4-6-14-10/h1-6H. The van der Waals surface area contributed by atoms with Crippen molar-refractivity contribution in [2.75, 3.05) is 0 Å². The number of hydrogen-bond donors (Lipinski definition) is 0. The second-order valence-corrected chi connectivity index (χ2v) is 5.82. The van der Waals surface area contributed by atoms with Gasteiger partial charge in [-0.05, 0) is 51.0 Å². The van der Waals surface area contributed by atoms with E-state index in [0.29, 0.717) is 0 Å². The van der Waals surface area contributed by atoms with E-state index in [-0.39, 0.29) is 0 Å². The number of rotatable bonds is 1. The fraction of sp³-hybridized carbons (Fsp3) is 0. The highest BCUT2D eigenvalue weighted by Gasteiger charge is 2.06. The first kappa shape index (κ1) is 9.51. The monoisotopic (exact) mass is 295 g/mol. The lowest BCUT2D eigenvalue weighted by Crippen LogP contribution is -1.79. The number of pyridine rings is 1. The van der Waals surface area contributed by atoms with Gasteiger partial charge in [0.25, 0.3) is 0 Å². The lowest BCUT2D eigenvalue weighted by Gasteiger charge is -1.98. The molecule has 3 aromatic rings. The van der Waals surface area contributed by atoms with Gasteiger partial charge < -0.3 is 0 Å². The quantitative estimate of drug-likeness (QED) is 0.629. The normalized spacial score (nSPS) is 11.0. The summed E-state index contributed by atoms with van der Waals surface area (Å²) < 4.78 is 2.36. The molecule has 3 rings (SSSR count). The van der Waals surface area contributed by atoms with Crippen molar-refractivity contribution in [3.05, 3.63) is 39.5 Å². The third-order valence-electron chi connectivity index (χ3n) is 2.16. The van der Waals surface area contributed by atoms with E-state index < -0.39 is 0 Å². The Balaban J connectivity index is 2.23. The molecule has 0 spiro atoms. The lowest BCUT2D eigenvalue weighted by molar-refractivity contribution is 1.43. The van der Waals surface area contributed by atoms with Gasteiger partial charge in [0.05, 0.1) is 20.8 Å². The predicted molar refractivity (Wildman–Crippen MR) is 70.6 cm³/mol. The fourth-order valence-electron chi connectivity index (χ4n) is 1.46. The molecule has 0 saturated heterocycles. The Morgan fingerprint density at radius 2 is 1.87 bits per heavy atom. The number of halogens is 1. The maximum atomic E-state index is 4.63. The molecule has 15 heavy (non-hydrogen) atoms.